The van der Waals surface area contributed by atoms with Gasteiger partial charge in [0.15, 0.2) is 0 Å². The van der Waals surface area contributed by atoms with Crippen molar-refractivity contribution in [2.75, 3.05) is 18.6 Å². The first kappa shape index (κ1) is 25.4. The van der Waals surface area contributed by atoms with Gasteiger partial charge in [-0.3, -0.25) is 4.79 Å². The lowest BCUT2D eigenvalue weighted by Gasteiger charge is -2.29. The first-order chi connectivity index (χ1) is 18.4. The second-order valence-corrected chi connectivity index (χ2v) is 10.8. The van der Waals surface area contributed by atoms with Crippen molar-refractivity contribution >= 4 is 21.9 Å². The van der Waals surface area contributed by atoms with Gasteiger partial charge in [-0.2, -0.15) is 0 Å². The molecule has 0 atom stereocenters. The minimum atomic E-state index is -4.05. The lowest BCUT2D eigenvalue weighted by Crippen LogP contribution is -2.34. The largest absolute Gasteiger partial charge is 0.497 e. The number of sulfonamides is 1. The van der Waals surface area contributed by atoms with Crippen molar-refractivity contribution in [3.05, 3.63) is 113 Å². The highest BCUT2D eigenvalue weighted by molar-refractivity contribution is 7.90. The van der Waals surface area contributed by atoms with Gasteiger partial charge in [0.05, 0.1) is 23.3 Å². The van der Waals surface area contributed by atoms with Crippen molar-refractivity contribution in [3.63, 3.8) is 0 Å². The van der Waals surface area contributed by atoms with Crippen LogP contribution in [0.1, 0.15) is 32.7 Å². The number of benzene rings is 3. The average Bonchev–Trinajstić information content (AvgIpc) is 2.96. The molecular formula is C29H28N4O4S. The fraction of sp³-hybridized carbons (Fsp3) is 0.207. The molecule has 0 unspecified atom stereocenters. The van der Waals surface area contributed by atoms with Gasteiger partial charge >= 0.3 is 0 Å². The molecule has 1 amide bonds. The summed E-state index contributed by atoms with van der Waals surface area (Å²) in [6.45, 7) is 1.42. The first-order valence-electron chi connectivity index (χ1n) is 12.4. The molecule has 38 heavy (non-hydrogen) atoms. The molecule has 0 fully saturated rings. The van der Waals surface area contributed by atoms with Crippen molar-refractivity contribution in [2.24, 2.45) is 0 Å². The van der Waals surface area contributed by atoms with E-state index in [0.29, 0.717) is 31.0 Å². The Hall–Kier alpha value is -4.24. The number of ether oxygens (including phenoxy) is 1. The van der Waals surface area contributed by atoms with Gasteiger partial charge in [0.25, 0.3) is 15.9 Å². The third-order valence-electron chi connectivity index (χ3n) is 6.58. The Bertz CT molecular complexity index is 1560. The van der Waals surface area contributed by atoms with Crippen LogP contribution in [0.5, 0.6) is 5.75 Å². The van der Waals surface area contributed by atoms with Gasteiger partial charge in [-0.1, -0.05) is 54.6 Å². The highest BCUT2D eigenvalue weighted by Gasteiger charge is 2.24. The molecule has 1 aliphatic heterocycles. The maximum Gasteiger partial charge on any atom is 0.268 e. The molecular weight excluding hydrogens is 500 g/mol. The predicted molar refractivity (Wildman–Crippen MR) is 145 cm³/mol. The average molecular weight is 529 g/mol. The molecule has 3 aromatic carbocycles. The number of aromatic nitrogens is 2. The second kappa shape index (κ2) is 11.0. The van der Waals surface area contributed by atoms with Gasteiger partial charge in [0.2, 0.25) is 5.95 Å². The Morgan fingerprint density at radius 2 is 1.74 bits per heavy atom. The fourth-order valence-electron chi connectivity index (χ4n) is 4.53. The molecule has 1 aliphatic rings. The molecule has 5 rings (SSSR count). The van der Waals surface area contributed by atoms with Gasteiger partial charge in [0, 0.05) is 19.3 Å². The Morgan fingerprint density at radius 1 is 0.974 bits per heavy atom. The maximum absolute atomic E-state index is 13.2. The number of hydrogen-bond donors (Lipinski definition) is 1. The normalized spacial score (nSPS) is 13.0. The monoisotopic (exact) mass is 528 g/mol. The SMILES string of the molecule is COc1cccc(CCc2nc(N3CCc4ccccc4C3)ncc2C(=O)NS(=O)(=O)c2ccccc2)c1. The van der Waals surface area contributed by atoms with E-state index >= 15 is 0 Å². The topological polar surface area (TPSA) is 101 Å². The maximum atomic E-state index is 13.2. The minimum absolute atomic E-state index is 0.0100. The van der Waals surface area contributed by atoms with E-state index in [1.165, 1.54) is 29.5 Å². The molecule has 9 heteroatoms. The standard InChI is InChI=1S/C29H28N4O4S/c1-37-24-11-7-8-21(18-24)14-15-27-26(28(34)32-38(35,36)25-12-3-2-4-13-25)19-30-29(31-27)33-17-16-22-9-5-6-10-23(22)20-33/h2-13,18-19H,14-17,20H2,1H3,(H,32,34). The van der Waals surface area contributed by atoms with Crippen LogP contribution in [0.3, 0.4) is 0 Å². The Labute approximate surface area is 222 Å². The summed E-state index contributed by atoms with van der Waals surface area (Å²) in [5, 5.41) is 0. The highest BCUT2D eigenvalue weighted by atomic mass is 32.2. The summed E-state index contributed by atoms with van der Waals surface area (Å²) in [6.07, 6.45) is 3.30. The number of amides is 1. The van der Waals surface area contributed by atoms with E-state index in [-0.39, 0.29) is 10.5 Å². The smallest absolute Gasteiger partial charge is 0.268 e. The summed E-state index contributed by atoms with van der Waals surface area (Å²) in [4.78, 5) is 24.6. The Kier molecular flexibility index (Phi) is 7.37. The fourth-order valence-corrected chi connectivity index (χ4v) is 5.52. The van der Waals surface area contributed by atoms with Crippen molar-refractivity contribution in [1.29, 1.82) is 0 Å². The summed E-state index contributed by atoms with van der Waals surface area (Å²) < 4.78 is 33.1. The van der Waals surface area contributed by atoms with Crippen LogP contribution in [0, 0.1) is 0 Å². The summed E-state index contributed by atoms with van der Waals surface area (Å²) in [5.74, 6) is 0.498. The molecule has 0 radical (unpaired) electrons. The zero-order valence-corrected chi connectivity index (χ0v) is 21.8. The van der Waals surface area contributed by atoms with Crippen LogP contribution in [0.25, 0.3) is 0 Å². The van der Waals surface area contributed by atoms with Crippen molar-refractivity contribution < 1.29 is 17.9 Å². The van der Waals surface area contributed by atoms with E-state index in [0.717, 1.165) is 24.3 Å². The molecule has 0 saturated carbocycles. The number of carbonyl (C=O) groups is 1. The van der Waals surface area contributed by atoms with Crippen LogP contribution in [0.15, 0.2) is 90.0 Å². The number of hydrogen-bond acceptors (Lipinski definition) is 7. The van der Waals surface area contributed by atoms with Crippen LogP contribution < -0.4 is 14.4 Å². The van der Waals surface area contributed by atoms with E-state index < -0.39 is 15.9 Å². The first-order valence-corrected chi connectivity index (χ1v) is 13.8. The highest BCUT2D eigenvalue weighted by Crippen LogP contribution is 2.24. The minimum Gasteiger partial charge on any atom is -0.497 e. The summed E-state index contributed by atoms with van der Waals surface area (Å²) >= 11 is 0. The van der Waals surface area contributed by atoms with E-state index in [9.17, 15) is 13.2 Å². The zero-order chi connectivity index (χ0) is 26.5. The number of fused-ring (bicyclic) bond motifs is 1. The number of rotatable bonds is 8. The molecule has 0 aliphatic carbocycles. The quantitative estimate of drug-likeness (QED) is 0.370. The van der Waals surface area contributed by atoms with Gasteiger partial charge in [-0.25, -0.2) is 23.1 Å². The third-order valence-corrected chi connectivity index (χ3v) is 7.93. The molecule has 2 heterocycles. The van der Waals surface area contributed by atoms with Crippen LogP contribution >= 0.6 is 0 Å². The molecule has 8 nitrogen and oxygen atoms in total. The van der Waals surface area contributed by atoms with E-state index in [1.54, 1.807) is 25.3 Å². The Morgan fingerprint density at radius 3 is 2.53 bits per heavy atom. The number of aryl methyl sites for hydroxylation is 2. The Balaban J connectivity index is 1.44. The molecule has 1 N–H and O–H groups in total. The van der Waals surface area contributed by atoms with Crippen molar-refractivity contribution in [3.8, 4) is 5.75 Å². The predicted octanol–water partition coefficient (Wildman–Crippen LogP) is 3.95. The molecule has 0 bridgehead atoms. The van der Waals surface area contributed by atoms with Gasteiger partial charge in [-0.15, -0.1) is 0 Å². The van der Waals surface area contributed by atoms with Crippen LogP contribution in [-0.2, 0) is 35.8 Å². The molecule has 194 valence electrons. The van der Waals surface area contributed by atoms with Gasteiger partial charge in [0.1, 0.15) is 5.75 Å². The van der Waals surface area contributed by atoms with E-state index in [4.69, 9.17) is 9.72 Å². The van der Waals surface area contributed by atoms with Crippen LogP contribution in [-0.4, -0.2) is 37.9 Å². The summed E-state index contributed by atoms with van der Waals surface area (Å²) in [6, 6.07) is 23.8. The van der Waals surface area contributed by atoms with Gasteiger partial charge < -0.3 is 9.64 Å². The zero-order valence-electron chi connectivity index (χ0n) is 21.0. The molecule has 0 spiro atoms. The summed E-state index contributed by atoms with van der Waals surface area (Å²) in [7, 11) is -2.43. The lowest BCUT2D eigenvalue weighted by molar-refractivity contribution is 0.0979. The van der Waals surface area contributed by atoms with Crippen molar-refractivity contribution in [1.82, 2.24) is 14.7 Å². The van der Waals surface area contributed by atoms with Crippen molar-refractivity contribution in [2.45, 2.75) is 30.7 Å². The molecule has 4 aromatic rings. The van der Waals surface area contributed by atoms with Crippen LogP contribution in [0.4, 0.5) is 5.95 Å². The number of carbonyl (C=O) groups excluding carboxylic acids is 1. The number of methoxy groups -OCH3 is 1. The summed E-state index contributed by atoms with van der Waals surface area (Å²) in [5.41, 5.74) is 4.16. The second-order valence-electron chi connectivity index (χ2n) is 9.07. The van der Waals surface area contributed by atoms with E-state index in [2.05, 4.69) is 26.7 Å². The number of nitrogens with zero attached hydrogens (tertiary/aromatic N) is 3. The van der Waals surface area contributed by atoms with E-state index in [1.807, 2.05) is 36.4 Å². The van der Waals surface area contributed by atoms with Gasteiger partial charge in [-0.05, 0) is 60.2 Å². The molecule has 1 aromatic heterocycles. The number of anilines is 1. The van der Waals surface area contributed by atoms with Crippen LogP contribution in [0.2, 0.25) is 0 Å². The third kappa shape index (κ3) is 5.68. The molecule has 0 saturated heterocycles. The number of nitrogens with one attached hydrogen (secondary N) is 1. The lowest BCUT2D eigenvalue weighted by atomic mass is 10.0.